The molecule has 6 nitrogen and oxygen atoms in total. The summed E-state index contributed by atoms with van der Waals surface area (Å²) in [7, 11) is -2.42. The highest BCUT2D eigenvalue weighted by Crippen LogP contribution is 2.28. The van der Waals surface area contributed by atoms with Crippen LogP contribution < -0.4 is 10.1 Å². The van der Waals surface area contributed by atoms with E-state index in [0.29, 0.717) is 16.9 Å². The third-order valence-corrected chi connectivity index (χ3v) is 6.47. The van der Waals surface area contributed by atoms with Crippen LogP contribution in [0, 0.1) is 5.82 Å². The monoisotopic (exact) mass is 414 g/mol. The topological polar surface area (TPSA) is 85.4 Å². The molecule has 2 aromatic carbocycles. The lowest BCUT2D eigenvalue weighted by atomic mass is 10.2. The molecule has 0 radical (unpaired) electrons. The quantitative estimate of drug-likeness (QED) is 0.600. The molecule has 29 heavy (non-hydrogen) atoms. The molecule has 1 heterocycles. The minimum absolute atomic E-state index is 0.0385. The van der Waals surface area contributed by atoms with Crippen LogP contribution in [0.25, 0.3) is 0 Å². The highest BCUT2D eigenvalue weighted by molar-refractivity contribution is 7.91. The number of aromatic nitrogens is 1. The zero-order valence-corrected chi connectivity index (χ0v) is 16.4. The normalized spacial score (nSPS) is 12.2. The average Bonchev–Trinajstić information content (AvgIpc) is 2.74. The molecule has 0 fully saturated rings. The van der Waals surface area contributed by atoms with Crippen LogP contribution in [0.4, 0.5) is 4.39 Å². The second-order valence-corrected chi connectivity index (χ2v) is 8.35. The lowest BCUT2D eigenvalue weighted by Crippen LogP contribution is -2.32. The van der Waals surface area contributed by atoms with Crippen molar-refractivity contribution in [3.05, 3.63) is 90.0 Å². The fourth-order valence-electron chi connectivity index (χ4n) is 2.81. The van der Waals surface area contributed by atoms with E-state index in [0.717, 1.165) is 12.1 Å². The first-order chi connectivity index (χ1) is 13.9. The van der Waals surface area contributed by atoms with Gasteiger partial charge in [0, 0.05) is 24.5 Å². The van der Waals surface area contributed by atoms with Crippen LogP contribution in [0.3, 0.4) is 0 Å². The van der Waals surface area contributed by atoms with Crippen molar-refractivity contribution in [2.45, 2.75) is 10.1 Å². The number of carbonyl (C=O) groups is 1. The van der Waals surface area contributed by atoms with Crippen molar-refractivity contribution in [2.24, 2.45) is 0 Å². The molecule has 8 heteroatoms. The molecular weight excluding hydrogens is 395 g/mol. The van der Waals surface area contributed by atoms with Gasteiger partial charge in [0.25, 0.3) is 5.91 Å². The van der Waals surface area contributed by atoms with Gasteiger partial charge in [-0.15, -0.1) is 0 Å². The maximum absolute atomic E-state index is 13.2. The summed E-state index contributed by atoms with van der Waals surface area (Å²) in [5.74, 6) is -0.458. The first kappa shape index (κ1) is 20.5. The van der Waals surface area contributed by atoms with Gasteiger partial charge in [-0.05, 0) is 54.1 Å². The van der Waals surface area contributed by atoms with Crippen molar-refractivity contribution < 1.29 is 22.3 Å². The molecule has 1 amide bonds. The van der Waals surface area contributed by atoms with E-state index in [1.54, 1.807) is 36.4 Å². The molecule has 0 spiro atoms. The Morgan fingerprint density at radius 3 is 2.55 bits per heavy atom. The fraction of sp³-hybridized carbons (Fsp3) is 0.143. The molecule has 1 N–H and O–H groups in total. The Labute approximate surface area is 168 Å². The highest BCUT2D eigenvalue weighted by atomic mass is 32.2. The van der Waals surface area contributed by atoms with E-state index >= 15 is 0 Å². The fourth-order valence-corrected chi connectivity index (χ4v) is 4.46. The van der Waals surface area contributed by atoms with Gasteiger partial charge in [-0.1, -0.05) is 12.1 Å². The molecule has 0 bridgehead atoms. The first-order valence-electron chi connectivity index (χ1n) is 8.73. The molecule has 0 saturated heterocycles. The third-order valence-electron chi connectivity index (χ3n) is 4.35. The van der Waals surface area contributed by atoms with Crippen LogP contribution in [0.15, 0.2) is 78.0 Å². The molecule has 1 aromatic heterocycles. The lowest BCUT2D eigenvalue weighted by molar-refractivity contribution is 0.0953. The summed E-state index contributed by atoms with van der Waals surface area (Å²) in [5, 5.41) is 1.57. The molecule has 0 aliphatic rings. The molecule has 1 atom stereocenters. The second kappa shape index (κ2) is 8.83. The van der Waals surface area contributed by atoms with E-state index in [1.807, 2.05) is 0 Å². The predicted molar refractivity (Wildman–Crippen MR) is 106 cm³/mol. The standard InChI is InChI=1S/C21H19FN2O4S/c1-28-18-6-2-4-15(12-18)21(25)24-14-20(16-5-3-11-23-13-16)29(26,27)19-9-7-17(22)8-10-19/h2-13,20H,14H2,1H3,(H,24,25)/t20-/m0/s1. The maximum atomic E-state index is 13.2. The SMILES string of the molecule is COc1cccc(C(=O)NC[C@@H](c2cccnc2)S(=O)(=O)c2ccc(F)cc2)c1. The Hall–Kier alpha value is -3.26. The van der Waals surface area contributed by atoms with Crippen molar-refractivity contribution in [1.29, 1.82) is 0 Å². The van der Waals surface area contributed by atoms with Gasteiger partial charge in [-0.25, -0.2) is 12.8 Å². The van der Waals surface area contributed by atoms with E-state index in [2.05, 4.69) is 10.3 Å². The number of sulfone groups is 1. The Kier molecular flexibility index (Phi) is 6.23. The Balaban J connectivity index is 1.88. The molecule has 150 valence electrons. The zero-order valence-electron chi connectivity index (χ0n) is 15.6. The van der Waals surface area contributed by atoms with E-state index < -0.39 is 26.8 Å². The average molecular weight is 414 g/mol. The molecule has 3 aromatic rings. The summed E-state index contributed by atoms with van der Waals surface area (Å²) < 4.78 is 44.7. The van der Waals surface area contributed by atoms with Gasteiger partial charge in [-0.3, -0.25) is 9.78 Å². The molecule has 0 aliphatic heterocycles. The smallest absolute Gasteiger partial charge is 0.251 e. The van der Waals surface area contributed by atoms with Gasteiger partial charge in [0.1, 0.15) is 16.8 Å². The van der Waals surface area contributed by atoms with Crippen LogP contribution >= 0.6 is 0 Å². The van der Waals surface area contributed by atoms with Gasteiger partial charge >= 0.3 is 0 Å². The van der Waals surface area contributed by atoms with Gasteiger partial charge in [-0.2, -0.15) is 0 Å². The van der Waals surface area contributed by atoms with Gasteiger partial charge < -0.3 is 10.1 Å². The maximum Gasteiger partial charge on any atom is 0.251 e. The van der Waals surface area contributed by atoms with Crippen LogP contribution in [0.2, 0.25) is 0 Å². The summed E-state index contributed by atoms with van der Waals surface area (Å²) >= 11 is 0. The molecule has 0 unspecified atom stereocenters. The first-order valence-corrected chi connectivity index (χ1v) is 10.3. The van der Waals surface area contributed by atoms with Gasteiger partial charge in [0.15, 0.2) is 9.84 Å². The summed E-state index contributed by atoms with van der Waals surface area (Å²) in [6, 6.07) is 14.4. The summed E-state index contributed by atoms with van der Waals surface area (Å²) in [6.45, 7) is -0.179. The van der Waals surface area contributed by atoms with Crippen molar-refractivity contribution in [2.75, 3.05) is 13.7 Å². The number of halogens is 1. The van der Waals surface area contributed by atoms with Crippen molar-refractivity contribution >= 4 is 15.7 Å². The lowest BCUT2D eigenvalue weighted by Gasteiger charge is -2.19. The predicted octanol–water partition coefficient (Wildman–Crippen LogP) is 3.17. The number of carbonyl (C=O) groups excluding carboxylic acids is 1. The number of benzene rings is 2. The zero-order chi connectivity index (χ0) is 20.9. The minimum Gasteiger partial charge on any atom is -0.497 e. The number of hydrogen-bond donors (Lipinski definition) is 1. The third kappa shape index (κ3) is 4.78. The largest absolute Gasteiger partial charge is 0.497 e. The van der Waals surface area contributed by atoms with Crippen LogP contribution in [0.5, 0.6) is 5.75 Å². The van der Waals surface area contributed by atoms with E-state index in [1.165, 1.54) is 31.6 Å². The highest BCUT2D eigenvalue weighted by Gasteiger charge is 2.30. The van der Waals surface area contributed by atoms with E-state index in [-0.39, 0.29) is 11.4 Å². The Morgan fingerprint density at radius 1 is 1.14 bits per heavy atom. The number of rotatable bonds is 7. The molecule has 0 aliphatic carbocycles. The Morgan fingerprint density at radius 2 is 1.90 bits per heavy atom. The molecule has 3 rings (SSSR count). The minimum atomic E-state index is -3.91. The molecule has 0 saturated carbocycles. The van der Waals surface area contributed by atoms with E-state index in [9.17, 15) is 17.6 Å². The van der Waals surface area contributed by atoms with Crippen LogP contribution in [0.1, 0.15) is 21.2 Å². The number of nitrogens with one attached hydrogen (secondary N) is 1. The van der Waals surface area contributed by atoms with Gasteiger partial charge in [0.05, 0.1) is 12.0 Å². The van der Waals surface area contributed by atoms with Crippen molar-refractivity contribution in [3.63, 3.8) is 0 Å². The van der Waals surface area contributed by atoms with Crippen molar-refractivity contribution in [3.8, 4) is 5.75 Å². The number of amides is 1. The number of nitrogens with zero attached hydrogens (tertiary/aromatic N) is 1. The molecular formula is C21H19FN2O4S. The van der Waals surface area contributed by atoms with E-state index in [4.69, 9.17) is 4.74 Å². The van der Waals surface area contributed by atoms with Crippen LogP contribution in [-0.2, 0) is 9.84 Å². The number of ether oxygens (including phenoxy) is 1. The number of methoxy groups -OCH3 is 1. The second-order valence-electron chi connectivity index (χ2n) is 6.22. The Bertz CT molecular complexity index is 1090. The summed E-state index contributed by atoms with van der Waals surface area (Å²) in [6.07, 6.45) is 2.96. The van der Waals surface area contributed by atoms with Gasteiger partial charge in [0.2, 0.25) is 0 Å². The number of hydrogen-bond acceptors (Lipinski definition) is 5. The van der Waals surface area contributed by atoms with Crippen LogP contribution in [-0.4, -0.2) is 33.0 Å². The summed E-state index contributed by atoms with van der Waals surface area (Å²) in [5.41, 5.74) is 0.760. The number of pyridine rings is 1. The summed E-state index contributed by atoms with van der Waals surface area (Å²) in [4.78, 5) is 16.5. The van der Waals surface area contributed by atoms with Crippen molar-refractivity contribution in [1.82, 2.24) is 10.3 Å².